The monoisotopic (exact) mass is 352 g/mol. The van der Waals surface area contributed by atoms with Crippen molar-refractivity contribution in [3.63, 3.8) is 0 Å². The fourth-order valence-corrected chi connectivity index (χ4v) is 3.55. The Balaban J connectivity index is 1.46. The molecular weight excluding hydrogens is 340 g/mol. The van der Waals surface area contributed by atoms with Crippen LogP contribution in [-0.2, 0) is 6.54 Å². The molecule has 8 heteroatoms. The van der Waals surface area contributed by atoms with Gasteiger partial charge >= 0.3 is 0 Å². The molecule has 3 heterocycles. The zero-order chi connectivity index (χ0) is 16.8. The van der Waals surface area contributed by atoms with Crippen LogP contribution in [-0.4, -0.2) is 21.4 Å². The molecule has 0 saturated carbocycles. The van der Waals surface area contributed by atoms with Gasteiger partial charge in [0.25, 0.3) is 5.56 Å². The number of nitrogens with one attached hydrogen (secondary N) is 1. The van der Waals surface area contributed by atoms with Crippen LogP contribution in [0.5, 0.6) is 11.5 Å². The smallest absolute Gasteiger partial charge is 0.283 e. The molecule has 7 nitrogen and oxygen atoms in total. The third-order valence-corrected chi connectivity index (χ3v) is 4.85. The van der Waals surface area contributed by atoms with Crippen molar-refractivity contribution in [2.24, 2.45) is 0 Å². The maximum atomic E-state index is 12.5. The van der Waals surface area contributed by atoms with Crippen molar-refractivity contribution in [3.8, 4) is 11.5 Å². The summed E-state index contributed by atoms with van der Waals surface area (Å²) >= 11 is 1.34. The molecule has 1 aliphatic rings. The lowest BCUT2D eigenvalue weighted by Crippen LogP contribution is -2.15. The molecule has 5 rings (SSSR count). The number of benzene rings is 2. The number of aromatic nitrogens is 3. The number of ether oxygens (including phenoxy) is 2. The van der Waals surface area contributed by atoms with Gasteiger partial charge in [-0.05, 0) is 29.8 Å². The Bertz CT molecular complexity index is 1170. The number of hydrogen-bond donors (Lipinski definition) is 1. The summed E-state index contributed by atoms with van der Waals surface area (Å²) in [5.74, 6) is 1.50. The number of anilines is 1. The van der Waals surface area contributed by atoms with Gasteiger partial charge in [0, 0.05) is 6.54 Å². The van der Waals surface area contributed by atoms with E-state index in [1.54, 1.807) is 6.07 Å². The van der Waals surface area contributed by atoms with Crippen LogP contribution < -0.4 is 20.3 Å². The Kier molecular flexibility index (Phi) is 3.10. The molecule has 124 valence electrons. The molecule has 0 saturated heterocycles. The highest BCUT2D eigenvalue weighted by Crippen LogP contribution is 2.32. The molecule has 25 heavy (non-hydrogen) atoms. The minimum Gasteiger partial charge on any atom is -0.454 e. The van der Waals surface area contributed by atoms with Crippen LogP contribution in [0.1, 0.15) is 5.56 Å². The molecule has 0 fully saturated rings. The van der Waals surface area contributed by atoms with Gasteiger partial charge in [0.1, 0.15) is 0 Å². The van der Waals surface area contributed by atoms with Gasteiger partial charge in [0.15, 0.2) is 11.5 Å². The van der Waals surface area contributed by atoms with Crippen molar-refractivity contribution < 1.29 is 9.47 Å². The Morgan fingerprint density at radius 1 is 1.16 bits per heavy atom. The molecule has 1 aliphatic heterocycles. The minimum atomic E-state index is -0.159. The zero-order valence-electron chi connectivity index (χ0n) is 12.9. The third-order valence-electron chi connectivity index (χ3n) is 3.98. The zero-order valence-corrected chi connectivity index (χ0v) is 13.7. The topological polar surface area (TPSA) is 77.8 Å². The maximum absolute atomic E-state index is 12.5. The SMILES string of the molecule is O=c1c2ccccc2nc2sc(NCc3ccc4c(c3)OCO4)nn12. The predicted octanol–water partition coefficient (Wildman–Crippen LogP) is 2.65. The van der Waals surface area contributed by atoms with Gasteiger partial charge in [0.2, 0.25) is 16.9 Å². The van der Waals surface area contributed by atoms with E-state index in [0.29, 0.717) is 27.5 Å². The second-order valence-corrected chi connectivity index (χ2v) is 6.53. The Hall–Kier alpha value is -3.13. The first-order chi connectivity index (χ1) is 12.3. The van der Waals surface area contributed by atoms with Crippen molar-refractivity contribution >= 4 is 32.3 Å². The molecule has 4 aromatic rings. The first kappa shape index (κ1) is 14.2. The van der Waals surface area contributed by atoms with Gasteiger partial charge in [-0.3, -0.25) is 4.79 Å². The summed E-state index contributed by atoms with van der Waals surface area (Å²) in [6.45, 7) is 0.816. The van der Waals surface area contributed by atoms with Crippen LogP contribution in [0.2, 0.25) is 0 Å². The minimum absolute atomic E-state index is 0.159. The largest absolute Gasteiger partial charge is 0.454 e. The van der Waals surface area contributed by atoms with E-state index in [2.05, 4.69) is 15.4 Å². The summed E-state index contributed by atoms with van der Waals surface area (Å²) in [5.41, 5.74) is 1.56. The molecule has 0 bridgehead atoms. The van der Waals surface area contributed by atoms with E-state index in [4.69, 9.17) is 9.47 Å². The first-order valence-electron chi connectivity index (χ1n) is 7.69. The number of rotatable bonds is 3. The highest BCUT2D eigenvalue weighted by molar-refractivity contribution is 7.20. The quantitative estimate of drug-likeness (QED) is 0.611. The lowest BCUT2D eigenvalue weighted by Gasteiger charge is -2.03. The summed E-state index contributed by atoms with van der Waals surface area (Å²) in [6, 6.07) is 13.1. The highest BCUT2D eigenvalue weighted by atomic mass is 32.1. The lowest BCUT2D eigenvalue weighted by molar-refractivity contribution is 0.174. The standard InChI is InChI=1S/C17H12N4O3S/c22-15-11-3-1-2-4-12(11)19-17-21(15)20-16(25-17)18-8-10-5-6-13-14(7-10)24-9-23-13/h1-7H,8-9H2,(H,18,20). The summed E-state index contributed by atoms with van der Waals surface area (Å²) in [5, 5.41) is 8.78. The average Bonchev–Trinajstić information content (AvgIpc) is 3.26. The molecular formula is C17H12N4O3S. The van der Waals surface area contributed by atoms with Crippen LogP contribution in [0, 0.1) is 0 Å². The second kappa shape index (κ2) is 5.45. The lowest BCUT2D eigenvalue weighted by atomic mass is 10.2. The third kappa shape index (κ3) is 2.38. The van der Waals surface area contributed by atoms with Crippen LogP contribution in [0.3, 0.4) is 0 Å². The number of fused-ring (bicyclic) bond motifs is 3. The van der Waals surface area contributed by atoms with Gasteiger partial charge in [-0.1, -0.05) is 29.5 Å². The van der Waals surface area contributed by atoms with Gasteiger partial charge in [0.05, 0.1) is 10.9 Å². The van der Waals surface area contributed by atoms with Crippen molar-refractivity contribution in [3.05, 3.63) is 58.4 Å². The molecule has 2 aromatic carbocycles. The van der Waals surface area contributed by atoms with Crippen molar-refractivity contribution in [1.82, 2.24) is 14.6 Å². The van der Waals surface area contributed by atoms with E-state index in [-0.39, 0.29) is 12.4 Å². The van der Waals surface area contributed by atoms with E-state index in [1.165, 1.54) is 15.9 Å². The van der Waals surface area contributed by atoms with Crippen LogP contribution in [0.4, 0.5) is 5.13 Å². The van der Waals surface area contributed by atoms with Gasteiger partial charge < -0.3 is 14.8 Å². The highest BCUT2D eigenvalue weighted by Gasteiger charge is 2.14. The fourth-order valence-electron chi connectivity index (χ4n) is 2.76. The molecule has 2 aromatic heterocycles. The molecule has 0 radical (unpaired) electrons. The van der Waals surface area contributed by atoms with E-state index < -0.39 is 0 Å². The Labute approximate surface area is 145 Å². The summed E-state index contributed by atoms with van der Waals surface area (Å²) < 4.78 is 12.0. The van der Waals surface area contributed by atoms with Crippen molar-refractivity contribution in [2.75, 3.05) is 12.1 Å². The van der Waals surface area contributed by atoms with E-state index >= 15 is 0 Å². The van der Waals surface area contributed by atoms with Crippen LogP contribution in [0.15, 0.2) is 47.3 Å². The van der Waals surface area contributed by atoms with E-state index in [9.17, 15) is 4.79 Å². The summed E-state index contributed by atoms with van der Waals surface area (Å²) in [6.07, 6.45) is 0. The van der Waals surface area contributed by atoms with E-state index in [0.717, 1.165) is 17.1 Å². The van der Waals surface area contributed by atoms with Gasteiger partial charge in [-0.25, -0.2) is 4.98 Å². The molecule has 1 N–H and O–H groups in total. The van der Waals surface area contributed by atoms with Crippen LogP contribution in [0.25, 0.3) is 15.9 Å². The van der Waals surface area contributed by atoms with Crippen molar-refractivity contribution in [1.29, 1.82) is 0 Å². The van der Waals surface area contributed by atoms with Gasteiger partial charge in [-0.15, -0.1) is 5.10 Å². The molecule has 0 unspecified atom stereocenters. The summed E-state index contributed by atoms with van der Waals surface area (Å²) in [7, 11) is 0. The van der Waals surface area contributed by atoms with Crippen LogP contribution >= 0.6 is 11.3 Å². The molecule has 0 amide bonds. The molecule has 0 atom stereocenters. The first-order valence-corrected chi connectivity index (χ1v) is 8.50. The fraction of sp³-hybridized carbons (Fsp3) is 0.118. The maximum Gasteiger partial charge on any atom is 0.283 e. The Morgan fingerprint density at radius 3 is 3.00 bits per heavy atom. The van der Waals surface area contributed by atoms with E-state index in [1.807, 2.05) is 36.4 Å². The predicted molar refractivity (Wildman–Crippen MR) is 94.5 cm³/mol. The van der Waals surface area contributed by atoms with Crippen molar-refractivity contribution in [2.45, 2.75) is 6.54 Å². The normalized spacial score (nSPS) is 12.8. The number of hydrogen-bond acceptors (Lipinski definition) is 7. The number of nitrogens with zero attached hydrogens (tertiary/aromatic N) is 3. The second-order valence-electron chi connectivity index (χ2n) is 5.58. The number of para-hydroxylation sites is 1. The molecule has 0 spiro atoms. The molecule has 0 aliphatic carbocycles. The summed E-state index contributed by atoms with van der Waals surface area (Å²) in [4.78, 5) is 17.6. The Morgan fingerprint density at radius 2 is 2.04 bits per heavy atom. The van der Waals surface area contributed by atoms with Gasteiger partial charge in [-0.2, -0.15) is 4.52 Å². The average molecular weight is 352 g/mol.